The predicted molar refractivity (Wildman–Crippen MR) is 74.8 cm³/mol. The summed E-state index contributed by atoms with van der Waals surface area (Å²) in [4.78, 5) is 11.0. The van der Waals surface area contributed by atoms with Crippen LogP contribution in [0, 0.1) is 23.2 Å². The van der Waals surface area contributed by atoms with Crippen molar-refractivity contribution in [3.05, 3.63) is 29.8 Å². The molecule has 6 nitrogen and oxygen atoms in total. The van der Waals surface area contributed by atoms with Crippen molar-refractivity contribution in [2.75, 3.05) is 13.1 Å². The standard InChI is InChI=1S/C14H16N2O4S/c1-10(14(17)18)12-8-16(9-12)21(19,20)13-4-2-11(3-5-13)6-7-15/h2-5,10,12H,6,8-9H2,1H3,(H,17,18). The normalized spacial score (nSPS) is 17.7. The van der Waals surface area contributed by atoms with Gasteiger partial charge in [0, 0.05) is 13.1 Å². The van der Waals surface area contributed by atoms with E-state index in [1.54, 1.807) is 19.1 Å². The minimum absolute atomic E-state index is 0.143. The van der Waals surface area contributed by atoms with Crippen LogP contribution in [0.5, 0.6) is 0 Å². The number of carboxylic acid groups (broad SMARTS) is 1. The van der Waals surface area contributed by atoms with E-state index >= 15 is 0 Å². The van der Waals surface area contributed by atoms with Crippen LogP contribution in [0.3, 0.4) is 0 Å². The third-order valence-electron chi connectivity index (χ3n) is 3.82. The number of carbonyl (C=O) groups is 1. The average Bonchev–Trinajstić information content (AvgIpc) is 2.37. The van der Waals surface area contributed by atoms with E-state index in [2.05, 4.69) is 0 Å². The second-order valence-electron chi connectivity index (χ2n) is 5.19. The van der Waals surface area contributed by atoms with Crippen molar-refractivity contribution in [3.8, 4) is 6.07 Å². The summed E-state index contributed by atoms with van der Waals surface area (Å²) < 4.78 is 26.0. The number of aliphatic carboxylic acids is 1. The van der Waals surface area contributed by atoms with Gasteiger partial charge in [-0.05, 0) is 23.6 Å². The van der Waals surface area contributed by atoms with E-state index in [0.717, 1.165) is 5.56 Å². The van der Waals surface area contributed by atoms with Crippen molar-refractivity contribution < 1.29 is 18.3 Å². The Morgan fingerprint density at radius 3 is 2.48 bits per heavy atom. The summed E-state index contributed by atoms with van der Waals surface area (Å²) in [6.07, 6.45) is 0.238. The zero-order chi connectivity index (χ0) is 15.6. The van der Waals surface area contributed by atoms with E-state index < -0.39 is 21.9 Å². The fourth-order valence-corrected chi connectivity index (χ4v) is 3.76. The van der Waals surface area contributed by atoms with Crippen molar-refractivity contribution in [1.82, 2.24) is 4.31 Å². The van der Waals surface area contributed by atoms with Gasteiger partial charge in [0.1, 0.15) is 0 Å². The maximum absolute atomic E-state index is 12.3. The smallest absolute Gasteiger partial charge is 0.306 e. The average molecular weight is 308 g/mol. The Morgan fingerprint density at radius 2 is 2.00 bits per heavy atom. The zero-order valence-electron chi connectivity index (χ0n) is 11.6. The highest BCUT2D eigenvalue weighted by atomic mass is 32.2. The maximum atomic E-state index is 12.3. The van der Waals surface area contributed by atoms with Crippen LogP contribution in [0.15, 0.2) is 29.2 Å². The molecule has 0 saturated carbocycles. The fourth-order valence-electron chi connectivity index (χ4n) is 2.20. The van der Waals surface area contributed by atoms with Crippen LogP contribution in [-0.4, -0.2) is 36.9 Å². The van der Waals surface area contributed by atoms with Crippen LogP contribution in [0.2, 0.25) is 0 Å². The molecule has 0 aromatic heterocycles. The zero-order valence-corrected chi connectivity index (χ0v) is 12.4. The lowest BCUT2D eigenvalue weighted by Gasteiger charge is -2.39. The van der Waals surface area contributed by atoms with Crippen molar-refractivity contribution in [2.45, 2.75) is 18.2 Å². The fraction of sp³-hybridized carbons (Fsp3) is 0.429. The molecule has 1 atom stereocenters. The highest BCUT2D eigenvalue weighted by Gasteiger charge is 2.41. The molecule has 1 N–H and O–H groups in total. The molecule has 1 heterocycles. The van der Waals surface area contributed by atoms with E-state index in [0.29, 0.717) is 0 Å². The third kappa shape index (κ3) is 3.06. The Morgan fingerprint density at radius 1 is 1.43 bits per heavy atom. The number of benzene rings is 1. The van der Waals surface area contributed by atoms with Crippen molar-refractivity contribution in [3.63, 3.8) is 0 Å². The van der Waals surface area contributed by atoms with Crippen molar-refractivity contribution in [2.24, 2.45) is 11.8 Å². The molecule has 112 valence electrons. The first-order valence-corrected chi connectivity index (χ1v) is 7.99. The molecule has 0 amide bonds. The van der Waals surface area contributed by atoms with E-state index in [1.807, 2.05) is 6.07 Å². The lowest BCUT2D eigenvalue weighted by atomic mass is 9.89. The van der Waals surface area contributed by atoms with Crippen LogP contribution in [0.4, 0.5) is 0 Å². The predicted octanol–water partition coefficient (Wildman–Crippen LogP) is 1.09. The Bertz CT molecular complexity index is 670. The first-order valence-electron chi connectivity index (χ1n) is 6.55. The van der Waals surface area contributed by atoms with Gasteiger partial charge in [-0.15, -0.1) is 0 Å². The van der Waals surface area contributed by atoms with Gasteiger partial charge in [0.15, 0.2) is 0 Å². The van der Waals surface area contributed by atoms with E-state index in [-0.39, 0.29) is 30.3 Å². The molecule has 21 heavy (non-hydrogen) atoms. The second kappa shape index (κ2) is 5.84. The van der Waals surface area contributed by atoms with Gasteiger partial charge in [0.25, 0.3) is 0 Å². The van der Waals surface area contributed by atoms with E-state index in [1.165, 1.54) is 16.4 Å². The van der Waals surface area contributed by atoms with Crippen LogP contribution in [-0.2, 0) is 21.2 Å². The highest BCUT2D eigenvalue weighted by Crippen LogP contribution is 2.29. The molecule has 0 spiro atoms. The second-order valence-corrected chi connectivity index (χ2v) is 7.13. The number of carboxylic acids is 1. The molecule has 1 saturated heterocycles. The van der Waals surface area contributed by atoms with Crippen molar-refractivity contribution >= 4 is 16.0 Å². The number of nitriles is 1. The van der Waals surface area contributed by atoms with Gasteiger partial charge in [-0.1, -0.05) is 19.1 Å². The summed E-state index contributed by atoms with van der Waals surface area (Å²) >= 11 is 0. The molecule has 1 aromatic rings. The minimum atomic E-state index is -3.57. The first-order chi connectivity index (χ1) is 9.86. The quantitative estimate of drug-likeness (QED) is 0.878. The largest absolute Gasteiger partial charge is 0.481 e. The molecule has 1 aromatic carbocycles. The monoisotopic (exact) mass is 308 g/mol. The number of sulfonamides is 1. The van der Waals surface area contributed by atoms with Gasteiger partial charge < -0.3 is 5.11 Å². The molecule has 1 aliphatic heterocycles. The first kappa shape index (κ1) is 15.5. The van der Waals surface area contributed by atoms with Gasteiger partial charge in [-0.3, -0.25) is 4.79 Å². The van der Waals surface area contributed by atoms with E-state index in [9.17, 15) is 13.2 Å². The topological polar surface area (TPSA) is 98.5 Å². The molecule has 1 unspecified atom stereocenters. The van der Waals surface area contributed by atoms with Crippen LogP contribution < -0.4 is 0 Å². The summed E-state index contributed by atoms with van der Waals surface area (Å²) in [5.74, 6) is -1.59. The lowest BCUT2D eigenvalue weighted by Crippen LogP contribution is -2.53. The summed E-state index contributed by atoms with van der Waals surface area (Å²) in [6, 6.07) is 8.20. The molecule has 0 radical (unpaired) electrons. The number of hydrogen-bond donors (Lipinski definition) is 1. The van der Waals surface area contributed by atoms with Gasteiger partial charge >= 0.3 is 5.97 Å². The summed E-state index contributed by atoms with van der Waals surface area (Å²) in [7, 11) is -3.57. The Hall–Kier alpha value is -1.91. The molecule has 1 fully saturated rings. The summed E-state index contributed by atoms with van der Waals surface area (Å²) in [5.41, 5.74) is 0.762. The number of rotatable bonds is 5. The van der Waals surface area contributed by atoms with Crippen molar-refractivity contribution in [1.29, 1.82) is 5.26 Å². The molecule has 0 bridgehead atoms. The molecular weight excluding hydrogens is 292 g/mol. The van der Waals surface area contributed by atoms with Gasteiger partial charge in [0.2, 0.25) is 10.0 Å². The van der Waals surface area contributed by atoms with Gasteiger partial charge in [-0.25, -0.2) is 8.42 Å². The molecule has 0 aliphatic carbocycles. The van der Waals surface area contributed by atoms with E-state index in [4.69, 9.17) is 10.4 Å². The molecule has 7 heteroatoms. The van der Waals surface area contributed by atoms with Crippen LogP contribution in [0.1, 0.15) is 12.5 Å². The molecule has 1 aliphatic rings. The maximum Gasteiger partial charge on any atom is 0.306 e. The molecular formula is C14H16N2O4S. The summed E-state index contributed by atoms with van der Waals surface area (Å²) in [6.45, 7) is 2.05. The lowest BCUT2D eigenvalue weighted by molar-refractivity contribution is -0.144. The van der Waals surface area contributed by atoms with Crippen LogP contribution in [0.25, 0.3) is 0 Å². The van der Waals surface area contributed by atoms with Crippen LogP contribution >= 0.6 is 0 Å². The Labute approximate surface area is 123 Å². The molecule has 2 rings (SSSR count). The highest BCUT2D eigenvalue weighted by molar-refractivity contribution is 7.89. The number of hydrogen-bond acceptors (Lipinski definition) is 4. The summed E-state index contributed by atoms with van der Waals surface area (Å²) in [5, 5.41) is 17.5. The number of nitrogens with zero attached hydrogens (tertiary/aromatic N) is 2. The minimum Gasteiger partial charge on any atom is -0.481 e. The van der Waals surface area contributed by atoms with Gasteiger partial charge in [-0.2, -0.15) is 9.57 Å². The Balaban J connectivity index is 2.07. The third-order valence-corrected chi connectivity index (χ3v) is 5.66. The SMILES string of the molecule is CC(C(=O)O)C1CN(S(=O)(=O)c2ccc(CC#N)cc2)C1. The Kier molecular flexibility index (Phi) is 4.30. The van der Waals surface area contributed by atoms with Gasteiger partial charge in [0.05, 0.1) is 23.3 Å².